The van der Waals surface area contributed by atoms with Gasteiger partial charge >= 0.3 is 0 Å². The number of benzene rings is 2. The summed E-state index contributed by atoms with van der Waals surface area (Å²) in [5.41, 5.74) is 4.63. The summed E-state index contributed by atoms with van der Waals surface area (Å²) in [6.07, 6.45) is 0. The van der Waals surface area contributed by atoms with Crippen molar-refractivity contribution >= 4 is 0 Å². The van der Waals surface area contributed by atoms with Crippen LogP contribution in [-0.4, -0.2) is 11.7 Å². The Balaban J connectivity index is 2.07. The van der Waals surface area contributed by atoms with Gasteiger partial charge in [-0.15, -0.1) is 0 Å². The lowest BCUT2D eigenvalue weighted by molar-refractivity contribution is 0.301. The van der Waals surface area contributed by atoms with Crippen LogP contribution in [0.25, 0.3) is 0 Å². The highest BCUT2D eigenvalue weighted by atomic mass is 16.5. The zero-order chi connectivity index (χ0) is 15.2. The molecule has 2 aromatic carbocycles. The number of aromatic hydroxyl groups is 1. The second-order valence-electron chi connectivity index (χ2n) is 5.29. The van der Waals surface area contributed by atoms with Crippen LogP contribution in [-0.2, 0) is 13.2 Å². The molecule has 0 aromatic heterocycles. The molecule has 0 unspecified atom stereocenters. The third kappa shape index (κ3) is 4.23. The molecule has 0 bridgehead atoms. The predicted octanol–water partition coefficient (Wildman–Crippen LogP) is 3.70. The summed E-state index contributed by atoms with van der Waals surface area (Å²) in [5.74, 6) is 1.22. The highest BCUT2D eigenvalue weighted by Crippen LogP contribution is 2.26. The second-order valence-corrected chi connectivity index (χ2v) is 5.29. The topological polar surface area (TPSA) is 41.5 Å². The van der Waals surface area contributed by atoms with E-state index in [-0.39, 0.29) is 5.75 Å². The number of hydrogen-bond donors (Lipinski definition) is 2. The molecule has 3 heteroatoms. The van der Waals surface area contributed by atoms with Gasteiger partial charge < -0.3 is 15.2 Å². The van der Waals surface area contributed by atoms with Crippen LogP contribution in [0.5, 0.6) is 11.5 Å². The standard InChI is InChI=1S/C18H23NO2/c1-4-19-11-16-9-13(2)18(14(3)10-16)21-12-15-5-7-17(20)8-6-15/h5-10,19-20H,4,11-12H2,1-3H3. The Kier molecular flexibility index (Phi) is 5.23. The lowest BCUT2D eigenvalue weighted by Crippen LogP contribution is -2.12. The number of hydrogen-bond acceptors (Lipinski definition) is 3. The van der Waals surface area contributed by atoms with E-state index in [4.69, 9.17) is 4.74 Å². The molecule has 112 valence electrons. The summed E-state index contributed by atoms with van der Waals surface area (Å²) in [6.45, 7) is 8.63. The molecule has 0 aliphatic heterocycles. The molecule has 0 aliphatic carbocycles. The van der Waals surface area contributed by atoms with E-state index in [9.17, 15) is 5.11 Å². The Morgan fingerprint density at radius 1 is 1.00 bits per heavy atom. The molecule has 21 heavy (non-hydrogen) atoms. The van der Waals surface area contributed by atoms with E-state index >= 15 is 0 Å². The smallest absolute Gasteiger partial charge is 0.125 e. The lowest BCUT2D eigenvalue weighted by Gasteiger charge is -2.14. The fourth-order valence-electron chi connectivity index (χ4n) is 2.39. The third-order valence-electron chi connectivity index (χ3n) is 3.42. The summed E-state index contributed by atoms with van der Waals surface area (Å²) in [6, 6.07) is 11.4. The van der Waals surface area contributed by atoms with E-state index in [0.717, 1.165) is 35.5 Å². The molecule has 0 aliphatic rings. The molecule has 0 spiro atoms. The molecule has 2 aromatic rings. The van der Waals surface area contributed by atoms with E-state index in [1.165, 1.54) is 5.56 Å². The van der Waals surface area contributed by atoms with Crippen molar-refractivity contribution in [3.8, 4) is 11.5 Å². The summed E-state index contributed by atoms with van der Waals surface area (Å²) in [7, 11) is 0. The number of phenolic OH excluding ortho intramolecular Hbond substituents is 1. The van der Waals surface area contributed by atoms with Gasteiger partial charge in [0.05, 0.1) is 0 Å². The van der Waals surface area contributed by atoms with Crippen LogP contribution in [0.3, 0.4) is 0 Å². The van der Waals surface area contributed by atoms with Gasteiger partial charge in [0.2, 0.25) is 0 Å². The summed E-state index contributed by atoms with van der Waals surface area (Å²) < 4.78 is 5.95. The van der Waals surface area contributed by atoms with E-state index in [1.54, 1.807) is 12.1 Å². The number of aryl methyl sites for hydroxylation is 2. The molecule has 0 radical (unpaired) electrons. The van der Waals surface area contributed by atoms with Crippen LogP contribution in [0, 0.1) is 13.8 Å². The van der Waals surface area contributed by atoms with Gasteiger partial charge in [0.1, 0.15) is 18.1 Å². The Bertz CT molecular complexity index is 568. The summed E-state index contributed by atoms with van der Waals surface area (Å²) in [5, 5.41) is 12.6. The van der Waals surface area contributed by atoms with Gasteiger partial charge in [0.25, 0.3) is 0 Å². The van der Waals surface area contributed by atoms with Crippen molar-refractivity contribution in [3.63, 3.8) is 0 Å². The Labute approximate surface area is 126 Å². The monoisotopic (exact) mass is 285 g/mol. The molecule has 2 N–H and O–H groups in total. The first kappa shape index (κ1) is 15.4. The summed E-state index contributed by atoms with van der Waals surface area (Å²) in [4.78, 5) is 0. The molecule has 0 heterocycles. The fraction of sp³-hybridized carbons (Fsp3) is 0.333. The van der Waals surface area contributed by atoms with Gasteiger partial charge in [-0.05, 0) is 54.8 Å². The Morgan fingerprint density at radius 2 is 1.62 bits per heavy atom. The third-order valence-corrected chi connectivity index (χ3v) is 3.42. The maximum Gasteiger partial charge on any atom is 0.125 e. The van der Waals surface area contributed by atoms with Crippen LogP contribution in [0.2, 0.25) is 0 Å². The first-order chi connectivity index (χ1) is 10.1. The molecule has 0 saturated heterocycles. The highest BCUT2D eigenvalue weighted by Gasteiger charge is 2.07. The normalized spacial score (nSPS) is 10.6. The van der Waals surface area contributed by atoms with Crippen LogP contribution in [0.1, 0.15) is 29.2 Å². The summed E-state index contributed by atoms with van der Waals surface area (Å²) >= 11 is 0. The maximum atomic E-state index is 9.28. The quantitative estimate of drug-likeness (QED) is 0.850. The van der Waals surface area contributed by atoms with Crippen molar-refractivity contribution in [2.45, 2.75) is 33.9 Å². The van der Waals surface area contributed by atoms with Crippen molar-refractivity contribution in [2.24, 2.45) is 0 Å². The number of phenols is 1. The van der Waals surface area contributed by atoms with Gasteiger partial charge in [-0.25, -0.2) is 0 Å². The van der Waals surface area contributed by atoms with Gasteiger partial charge in [-0.2, -0.15) is 0 Å². The van der Waals surface area contributed by atoms with Crippen molar-refractivity contribution in [1.29, 1.82) is 0 Å². The molecule has 0 amide bonds. The molecule has 0 atom stereocenters. The second kappa shape index (κ2) is 7.14. The van der Waals surface area contributed by atoms with Gasteiger partial charge in [-0.1, -0.05) is 31.2 Å². The fourth-order valence-corrected chi connectivity index (χ4v) is 2.39. The van der Waals surface area contributed by atoms with Crippen molar-refractivity contribution in [1.82, 2.24) is 5.32 Å². The average Bonchev–Trinajstić information content (AvgIpc) is 2.46. The number of ether oxygens (including phenoxy) is 1. The zero-order valence-corrected chi connectivity index (χ0v) is 12.9. The van der Waals surface area contributed by atoms with Crippen LogP contribution >= 0.6 is 0 Å². The lowest BCUT2D eigenvalue weighted by atomic mass is 10.1. The van der Waals surface area contributed by atoms with E-state index in [1.807, 2.05) is 12.1 Å². The van der Waals surface area contributed by atoms with E-state index in [0.29, 0.717) is 6.61 Å². The first-order valence-corrected chi connectivity index (χ1v) is 7.31. The molecular formula is C18H23NO2. The van der Waals surface area contributed by atoms with Gasteiger partial charge in [0, 0.05) is 6.54 Å². The van der Waals surface area contributed by atoms with Crippen LogP contribution in [0.4, 0.5) is 0 Å². The minimum absolute atomic E-state index is 0.277. The largest absolute Gasteiger partial charge is 0.508 e. The Morgan fingerprint density at radius 3 is 2.19 bits per heavy atom. The number of nitrogens with one attached hydrogen (secondary N) is 1. The number of rotatable bonds is 6. The molecule has 3 nitrogen and oxygen atoms in total. The molecule has 0 saturated carbocycles. The minimum atomic E-state index is 0.277. The molecular weight excluding hydrogens is 262 g/mol. The Hall–Kier alpha value is -2.00. The van der Waals surface area contributed by atoms with Crippen molar-refractivity contribution in [3.05, 3.63) is 58.7 Å². The highest BCUT2D eigenvalue weighted by molar-refractivity contribution is 5.43. The minimum Gasteiger partial charge on any atom is -0.508 e. The zero-order valence-electron chi connectivity index (χ0n) is 12.9. The van der Waals surface area contributed by atoms with Gasteiger partial charge in [-0.3, -0.25) is 0 Å². The van der Waals surface area contributed by atoms with Crippen molar-refractivity contribution < 1.29 is 9.84 Å². The van der Waals surface area contributed by atoms with E-state index in [2.05, 4.69) is 38.2 Å². The van der Waals surface area contributed by atoms with Crippen LogP contribution in [0.15, 0.2) is 36.4 Å². The maximum absolute atomic E-state index is 9.28. The van der Waals surface area contributed by atoms with Crippen LogP contribution < -0.4 is 10.1 Å². The molecule has 2 rings (SSSR count). The predicted molar refractivity (Wildman–Crippen MR) is 85.7 cm³/mol. The SMILES string of the molecule is CCNCc1cc(C)c(OCc2ccc(O)cc2)c(C)c1. The first-order valence-electron chi connectivity index (χ1n) is 7.31. The van der Waals surface area contributed by atoms with Crippen molar-refractivity contribution in [2.75, 3.05) is 6.54 Å². The average molecular weight is 285 g/mol. The molecule has 0 fully saturated rings. The van der Waals surface area contributed by atoms with Gasteiger partial charge in [0.15, 0.2) is 0 Å². The van der Waals surface area contributed by atoms with E-state index < -0.39 is 0 Å².